The van der Waals surface area contributed by atoms with Crippen molar-refractivity contribution in [3.8, 4) is 6.07 Å². The second-order valence-electron chi connectivity index (χ2n) is 3.58. The topological polar surface area (TPSA) is 51.5 Å². The predicted molar refractivity (Wildman–Crippen MR) is 71.4 cm³/mol. The van der Waals surface area contributed by atoms with E-state index in [2.05, 4.69) is 6.07 Å². The third kappa shape index (κ3) is 3.28. The van der Waals surface area contributed by atoms with Crippen LogP contribution >= 0.6 is 0 Å². The van der Waals surface area contributed by atoms with Gasteiger partial charge < -0.3 is 13.3 Å². The number of nitriles is 1. The molecule has 96 valence electrons. The molecule has 0 saturated heterocycles. The van der Waals surface area contributed by atoms with Crippen molar-refractivity contribution in [1.82, 2.24) is 0 Å². The summed E-state index contributed by atoms with van der Waals surface area (Å²) in [5.41, 5.74) is 0.991. The maximum atomic E-state index is 8.93. The van der Waals surface area contributed by atoms with Gasteiger partial charge in [-0.25, -0.2) is 0 Å². The van der Waals surface area contributed by atoms with Crippen LogP contribution in [0.3, 0.4) is 0 Å². The van der Waals surface area contributed by atoms with Gasteiger partial charge in [0, 0.05) is 26.5 Å². The minimum absolute atomic E-state index is 0.219. The molecule has 0 unspecified atom stereocenters. The summed E-state index contributed by atoms with van der Waals surface area (Å²) in [6.45, 7) is 0. The number of hydrogen-bond acceptors (Lipinski definition) is 4. The average Bonchev–Trinajstić information content (AvgIpc) is 2.43. The van der Waals surface area contributed by atoms with Gasteiger partial charge in [0.2, 0.25) is 0 Å². The quantitative estimate of drug-likeness (QED) is 0.740. The first kappa shape index (κ1) is 14.6. The molecule has 0 fully saturated rings. The Morgan fingerprint density at radius 1 is 1.17 bits per heavy atom. The number of hydrogen-bond donors (Lipinski definition) is 0. The first-order chi connectivity index (χ1) is 8.72. The van der Waals surface area contributed by atoms with E-state index in [1.54, 1.807) is 0 Å². The van der Waals surface area contributed by atoms with Gasteiger partial charge in [0.1, 0.15) is 0 Å². The molecule has 0 aliphatic rings. The SMILES string of the molecule is CO[Si](OC)(OC)C(=Cc1ccccc1)CC#N. The molecule has 0 aliphatic carbocycles. The summed E-state index contributed by atoms with van der Waals surface area (Å²) in [6, 6.07) is 11.8. The minimum Gasteiger partial charge on any atom is -0.374 e. The van der Waals surface area contributed by atoms with Gasteiger partial charge in [0.15, 0.2) is 0 Å². The highest BCUT2D eigenvalue weighted by molar-refractivity contribution is 6.69. The summed E-state index contributed by atoms with van der Waals surface area (Å²) in [6.07, 6.45) is 2.11. The van der Waals surface area contributed by atoms with E-state index in [4.69, 9.17) is 18.5 Å². The number of rotatable bonds is 6. The third-order valence-electron chi connectivity index (χ3n) is 2.61. The molecule has 0 bridgehead atoms. The Morgan fingerprint density at radius 2 is 1.72 bits per heavy atom. The van der Waals surface area contributed by atoms with Crippen LogP contribution in [0.4, 0.5) is 0 Å². The van der Waals surface area contributed by atoms with Crippen LogP contribution in [0.2, 0.25) is 0 Å². The van der Waals surface area contributed by atoms with E-state index < -0.39 is 8.80 Å². The standard InChI is InChI=1S/C13H17NO3Si/c1-15-18(16-2,17-3)13(9-10-14)11-12-7-5-4-6-8-12/h4-8,11H,9H2,1-3H3. The molecule has 0 amide bonds. The smallest absolute Gasteiger partial charge is 0.374 e. The van der Waals surface area contributed by atoms with E-state index >= 15 is 0 Å². The van der Waals surface area contributed by atoms with Crippen LogP contribution < -0.4 is 0 Å². The minimum atomic E-state index is -2.91. The molecular weight excluding hydrogens is 246 g/mol. The van der Waals surface area contributed by atoms with Crippen molar-refractivity contribution in [3.63, 3.8) is 0 Å². The lowest BCUT2D eigenvalue weighted by Crippen LogP contribution is -2.45. The number of nitrogens with zero attached hydrogens (tertiary/aromatic N) is 1. The molecule has 1 rings (SSSR count). The zero-order chi connectivity index (χ0) is 13.4. The molecule has 0 atom stereocenters. The van der Waals surface area contributed by atoms with E-state index in [0.29, 0.717) is 0 Å². The highest BCUT2D eigenvalue weighted by atomic mass is 28.4. The van der Waals surface area contributed by atoms with Gasteiger partial charge in [-0.2, -0.15) is 5.26 Å². The van der Waals surface area contributed by atoms with Crippen molar-refractivity contribution in [2.75, 3.05) is 21.3 Å². The third-order valence-corrected chi connectivity index (χ3v) is 5.33. The molecule has 4 nitrogen and oxygen atoms in total. The molecule has 1 aromatic carbocycles. The Labute approximate surface area is 109 Å². The Hall–Kier alpha value is -1.45. The molecule has 0 saturated carbocycles. The van der Waals surface area contributed by atoms with Crippen LogP contribution in [0, 0.1) is 11.3 Å². The highest BCUT2D eigenvalue weighted by Crippen LogP contribution is 2.23. The fraction of sp³-hybridized carbons (Fsp3) is 0.308. The van der Waals surface area contributed by atoms with Crippen molar-refractivity contribution in [3.05, 3.63) is 41.1 Å². The zero-order valence-corrected chi connectivity index (χ0v) is 11.8. The van der Waals surface area contributed by atoms with E-state index in [1.165, 1.54) is 21.3 Å². The van der Waals surface area contributed by atoms with Gasteiger partial charge in [-0.1, -0.05) is 36.4 Å². The van der Waals surface area contributed by atoms with Crippen LogP contribution in [-0.2, 0) is 13.3 Å². The van der Waals surface area contributed by atoms with Gasteiger partial charge in [-0.05, 0) is 5.56 Å². The molecule has 0 radical (unpaired) electrons. The van der Waals surface area contributed by atoms with E-state index in [9.17, 15) is 0 Å². The Bertz CT molecular complexity index is 427. The van der Waals surface area contributed by atoms with Crippen LogP contribution in [0.5, 0.6) is 0 Å². The van der Waals surface area contributed by atoms with Crippen molar-refractivity contribution in [2.24, 2.45) is 0 Å². The normalized spacial score (nSPS) is 12.2. The highest BCUT2D eigenvalue weighted by Gasteiger charge is 2.42. The average molecular weight is 263 g/mol. The molecule has 0 N–H and O–H groups in total. The zero-order valence-electron chi connectivity index (χ0n) is 10.8. The summed E-state index contributed by atoms with van der Waals surface area (Å²) in [5.74, 6) is 0. The van der Waals surface area contributed by atoms with Crippen LogP contribution in [0.25, 0.3) is 6.08 Å². The van der Waals surface area contributed by atoms with Gasteiger partial charge in [0.05, 0.1) is 12.5 Å². The second-order valence-corrected chi connectivity index (χ2v) is 6.56. The number of allylic oxidation sites excluding steroid dienone is 1. The summed E-state index contributed by atoms with van der Waals surface area (Å²) in [4.78, 5) is 0. The van der Waals surface area contributed by atoms with Gasteiger partial charge in [0.25, 0.3) is 0 Å². The van der Waals surface area contributed by atoms with Gasteiger partial charge >= 0.3 is 8.80 Å². The molecule has 0 aromatic heterocycles. The summed E-state index contributed by atoms with van der Waals surface area (Å²) >= 11 is 0. The van der Waals surface area contributed by atoms with Crippen molar-refractivity contribution < 1.29 is 13.3 Å². The van der Waals surface area contributed by atoms with E-state index in [-0.39, 0.29) is 6.42 Å². The van der Waals surface area contributed by atoms with Gasteiger partial charge in [-0.15, -0.1) is 0 Å². The van der Waals surface area contributed by atoms with Crippen LogP contribution in [-0.4, -0.2) is 30.1 Å². The first-order valence-corrected chi connectivity index (χ1v) is 7.23. The maximum absolute atomic E-state index is 8.93. The molecule has 1 aromatic rings. The lowest BCUT2D eigenvalue weighted by molar-refractivity contribution is 0.134. The Kier molecular flexibility index (Phi) is 5.75. The summed E-state index contributed by atoms with van der Waals surface area (Å²) in [5, 5.41) is 9.68. The molecule has 5 heteroatoms. The fourth-order valence-corrected chi connectivity index (χ4v) is 3.65. The second kappa shape index (κ2) is 7.09. The largest absolute Gasteiger partial charge is 0.533 e. The number of benzene rings is 1. The predicted octanol–water partition coefficient (Wildman–Crippen LogP) is 2.40. The molecule has 0 spiro atoms. The van der Waals surface area contributed by atoms with E-state index in [0.717, 1.165) is 10.8 Å². The molecule has 0 aliphatic heterocycles. The first-order valence-electron chi connectivity index (χ1n) is 5.51. The molecule has 0 heterocycles. The van der Waals surface area contributed by atoms with Crippen molar-refractivity contribution >= 4 is 14.9 Å². The maximum Gasteiger partial charge on any atom is 0.533 e. The molecule has 18 heavy (non-hydrogen) atoms. The van der Waals surface area contributed by atoms with E-state index in [1.807, 2.05) is 36.4 Å². The lowest BCUT2D eigenvalue weighted by atomic mass is 10.2. The lowest BCUT2D eigenvalue weighted by Gasteiger charge is -2.25. The van der Waals surface area contributed by atoms with Crippen LogP contribution in [0.15, 0.2) is 35.5 Å². The Morgan fingerprint density at radius 3 is 2.17 bits per heavy atom. The van der Waals surface area contributed by atoms with Gasteiger partial charge in [-0.3, -0.25) is 0 Å². The monoisotopic (exact) mass is 263 g/mol. The summed E-state index contributed by atoms with van der Waals surface area (Å²) < 4.78 is 16.2. The fourth-order valence-electron chi connectivity index (χ4n) is 1.73. The van der Waals surface area contributed by atoms with Crippen LogP contribution in [0.1, 0.15) is 12.0 Å². The van der Waals surface area contributed by atoms with Crippen molar-refractivity contribution in [1.29, 1.82) is 5.26 Å². The Balaban J connectivity index is 3.17. The van der Waals surface area contributed by atoms with Crippen molar-refractivity contribution in [2.45, 2.75) is 6.42 Å². The molecular formula is C13H17NO3Si. The summed E-state index contributed by atoms with van der Waals surface area (Å²) in [7, 11) is 1.70.